The van der Waals surface area contributed by atoms with Gasteiger partial charge in [0.25, 0.3) is 0 Å². The van der Waals surface area contributed by atoms with E-state index in [0.717, 1.165) is 5.56 Å². The van der Waals surface area contributed by atoms with Crippen LogP contribution in [0.3, 0.4) is 0 Å². The Labute approximate surface area is 103 Å². The molecule has 1 aromatic carbocycles. The van der Waals surface area contributed by atoms with Crippen LogP contribution in [0.5, 0.6) is 5.75 Å². The Morgan fingerprint density at radius 1 is 1.44 bits per heavy atom. The molecule has 1 aliphatic rings. The summed E-state index contributed by atoms with van der Waals surface area (Å²) in [5.41, 5.74) is 1.56. The number of aliphatic hydroxyl groups excluding tert-OH is 1. The van der Waals surface area contributed by atoms with Crippen LogP contribution in [-0.4, -0.2) is 36.4 Å². The summed E-state index contributed by atoms with van der Waals surface area (Å²) in [6.07, 6.45) is -5.04. The third kappa shape index (κ3) is 3.14. The number of alkyl halides is 3. The van der Waals surface area contributed by atoms with Crippen molar-refractivity contribution in [2.75, 3.05) is 20.2 Å². The standard InChI is InChI=1S/C12H14F3NO2/c1-16-5-8-2-3-9(18-7-12(13,14)15)4-10(8)11(17)6-16/h2-4,11,17H,5-7H2,1H3. The maximum Gasteiger partial charge on any atom is 0.422 e. The van der Waals surface area contributed by atoms with Crippen molar-refractivity contribution in [1.29, 1.82) is 0 Å². The fraction of sp³-hybridized carbons (Fsp3) is 0.500. The minimum absolute atomic E-state index is 0.134. The van der Waals surface area contributed by atoms with E-state index in [4.69, 9.17) is 0 Å². The molecule has 6 heteroatoms. The number of hydrogen-bond donors (Lipinski definition) is 1. The number of rotatable bonds is 2. The van der Waals surface area contributed by atoms with Gasteiger partial charge in [-0.25, -0.2) is 0 Å². The van der Waals surface area contributed by atoms with E-state index in [2.05, 4.69) is 4.74 Å². The molecular formula is C12H14F3NO2. The molecule has 18 heavy (non-hydrogen) atoms. The van der Waals surface area contributed by atoms with Crippen molar-refractivity contribution in [3.63, 3.8) is 0 Å². The highest BCUT2D eigenvalue weighted by molar-refractivity contribution is 5.38. The van der Waals surface area contributed by atoms with Crippen LogP contribution in [0.25, 0.3) is 0 Å². The van der Waals surface area contributed by atoms with Crippen molar-refractivity contribution in [3.05, 3.63) is 29.3 Å². The number of benzene rings is 1. The smallest absolute Gasteiger partial charge is 0.422 e. The van der Waals surface area contributed by atoms with Crippen LogP contribution in [-0.2, 0) is 6.54 Å². The molecule has 1 heterocycles. The van der Waals surface area contributed by atoms with Crippen LogP contribution in [0.1, 0.15) is 17.2 Å². The summed E-state index contributed by atoms with van der Waals surface area (Å²) in [4.78, 5) is 1.95. The van der Waals surface area contributed by atoms with Crippen LogP contribution in [0, 0.1) is 0 Å². The number of ether oxygens (including phenoxy) is 1. The molecule has 0 aromatic heterocycles. The van der Waals surface area contributed by atoms with Gasteiger partial charge in [-0.15, -0.1) is 0 Å². The van der Waals surface area contributed by atoms with Crippen LogP contribution < -0.4 is 4.74 Å². The van der Waals surface area contributed by atoms with Gasteiger partial charge in [0.15, 0.2) is 6.61 Å². The number of β-amino-alcohol motifs (C(OH)–C–C–N with tert-alkyl or cyclic N) is 1. The van der Waals surface area contributed by atoms with Gasteiger partial charge in [0.1, 0.15) is 5.75 Å². The molecule has 0 radical (unpaired) electrons. The van der Waals surface area contributed by atoms with Crippen LogP contribution >= 0.6 is 0 Å². The third-order valence-corrected chi connectivity index (χ3v) is 2.80. The topological polar surface area (TPSA) is 32.7 Å². The minimum Gasteiger partial charge on any atom is -0.484 e. The summed E-state index contributed by atoms with van der Waals surface area (Å²) in [5.74, 6) is 0.134. The van der Waals surface area contributed by atoms with Crippen molar-refractivity contribution in [2.45, 2.75) is 18.8 Å². The van der Waals surface area contributed by atoms with E-state index in [0.29, 0.717) is 18.7 Å². The van der Waals surface area contributed by atoms with E-state index in [-0.39, 0.29) is 5.75 Å². The van der Waals surface area contributed by atoms with E-state index in [1.54, 1.807) is 6.07 Å². The van der Waals surface area contributed by atoms with E-state index >= 15 is 0 Å². The van der Waals surface area contributed by atoms with Crippen LogP contribution in [0.4, 0.5) is 13.2 Å². The lowest BCUT2D eigenvalue weighted by molar-refractivity contribution is -0.153. The average molecular weight is 261 g/mol. The molecule has 0 aliphatic carbocycles. The lowest BCUT2D eigenvalue weighted by Gasteiger charge is -2.29. The number of hydrogen-bond acceptors (Lipinski definition) is 3. The summed E-state index contributed by atoms with van der Waals surface area (Å²) in [6, 6.07) is 4.68. The number of nitrogens with zero attached hydrogens (tertiary/aromatic N) is 1. The van der Waals surface area contributed by atoms with Crippen LogP contribution in [0.2, 0.25) is 0 Å². The lowest BCUT2D eigenvalue weighted by Crippen LogP contribution is -2.30. The Bertz CT molecular complexity index is 434. The van der Waals surface area contributed by atoms with Gasteiger partial charge in [-0.05, 0) is 30.3 Å². The second kappa shape index (κ2) is 4.78. The fourth-order valence-electron chi connectivity index (χ4n) is 2.03. The zero-order valence-electron chi connectivity index (χ0n) is 9.87. The van der Waals surface area contributed by atoms with Crippen molar-refractivity contribution in [2.24, 2.45) is 0 Å². The first-order valence-corrected chi connectivity index (χ1v) is 5.54. The van der Waals surface area contributed by atoms with Gasteiger partial charge in [0, 0.05) is 13.1 Å². The second-order valence-electron chi connectivity index (χ2n) is 4.48. The van der Waals surface area contributed by atoms with E-state index in [9.17, 15) is 18.3 Å². The average Bonchev–Trinajstić information content (AvgIpc) is 2.25. The first-order valence-electron chi connectivity index (χ1n) is 5.54. The van der Waals surface area contributed by atoms with E-state index in [1.165, 1.54) is 12.1 Å². The molecule has 1 N–H and O–H groups in total. The first-order chi connectivity index (χ1) is 8.35. The van der Waals surface area contributed by atoms with Gasteiger partial charge in [-0.2, -0.15) is 13.2 Å². The molecule has 2 rings (SSSR count). The first kappa shape index (κ1) is 13.2. The number of likely N-dealkylation sites (N-methyl/N-ethyl adjacent to an activating group) is 1. The largest absolute Gasteiger partial charge is 0.484 e. The highest BCUT2D eigenvalue weighted by Gasteiger charge is 2.29. The highest BCUT2D eigenvalue weighted by Crippen LogP contribution is 2.29. The molecule has 0 saturated carbocycles. The molecule has 1 aliphatic heterocycles. The molecule has 0 bridgehead atoms. The van der Waals surface area contributed by atoms with Gasteiger partial charge in [-0.1, -0.05) is 6.07 Å². The Hall–Kier alpha value is -1.27. The molecule has 100 valence electrons. The van der Waals surface area contributed by atoms with Gasteiger partial charge < -0.3 is 9.84 Å². The van der Waals surface area contributed by atoms with E-state index in [1.807, 2.05) is 11.9 Å². The second-order valence-corrected chi connectivity index (χ2v) is 4.48. The molecule has 0 amide bonds. The fourth-order valence-corrected chi connectivity index (χ4v) is 2.03. The lowest BCUT2D eigenvalue weighted by atomic mass is 9.97. The zero-order valence-corrected chi connectivity index (χ0v) is 9.87. The van der Waals surface area contributed by atoms with Crippen molar-refractivity contribution >= 4 is 0 Å². The number of halogens is 3. The molecule has 0 spiro atoms. The molecule has 0 saturated heterocycles. The third-order valence-electron chi connectivity index (χ3n) is 2.80. The molecule has 3 nitrogen and oxygen atoms in total. The maximum atomic E-state index is 12.0. The number of fused-ring (bicyclic) bond motifs is 1. The molecule has 1 aromatic rings. The summed E-state index contributed by atoms with van der Waals surface area (Å²) in [7, 11) is 1.88. The Morgan fingerprint density at radius 3 is 2.83 bits per heavy atom. The van der Waals surface area contributed by atoms with Crippen molar-refractivity contribution in [1.82, 2.24) is 4.90 Å². The Morgan fingerprint density at radius 2 is 2.17 bits per heavy atom. The summed E-state index contributed by atoms with van der Waals surface area (Å²) < 4.78 is 40.7. The van der Waals surface area contributed by atoms with Crippen molar-refractivity contribution < 1.29 is 23.0 Å². The molecule has 1 unspecified atom stereocenters. The Kier molecular flexibility index (Phi) is 3.49. The monoisotopic (exact) mass is 261 g/mol. The SMILES string of the molecule is CN1Cc2ccc(OCC(F)(F)F)cc2C(O)C1. The molecular weight excluding hydrogens is 247 g/mol. The van der Waals surface area contributed by atoms with Gasteiger partial charge in [0.2, 0.25) is 0 Å². The highest BCUT2D eigenvalue weighted by atomic mass is 19.4. The number of aliphatic hydroxyl groups is 1. The normalized spacial score (nSPS) is 20.6. The summed E-state index contributed by atoms with van der Waals surface area (Å²) in [6.45, 7) is -0.177. The quantitative estimate of drug-likeness (QED) is 0.885. The molecule has 0 fully saturated rings. The van der Waals surface area contributed by atoms with Gasteiger partial charge >= 0.3 is 6.18 Å². The van der Waals surface area contributed by atoms with Crippen molar-refractivity contribution in [3.8, 4) is 5.75 Å². The van der Waals surface area contributed by atoms with E-state index < -0.39 is 18.9 Å². The van der Waals surface area contributed by atoms with Gasteiger partial charge in [0.05, 0.1) is 6.10 Å². The predicted molar refractivity (Wildman–Crippen MR) is 59.3 cm³/mol. The zero-order chi connectivity index (χ0) is 13.3. The molecule has 1 atom stereocenters. The maximum absolute atomic E-state index is 12.0. The minimum atomic E-state index is -4.35. The predicted octanol–water partition coefficient (Wildman–Crippen LogP) is 2.11. The van der Waals surface area contributed by atoms with Crippen LogP contribution in [0.15, 0.2) is 18.2 Å². The van der Waals surface area contributed by atoms with Gasteiger partial charge in [-0.3, -0.25) is 4.90 Å². The summed E-state index contributed by atoms with van der Waals surface area (Å²) in [5, 5.41) is 9.86. The Balaban J connectivity index is 2.14. The summed E-state index contributed by atoms with van der Waals surface area (Å²) >= 11 is 0.